The van der Waals surface area contributed by atoms with Gasteiger partial charge in [-0.3, -0.25) is 4.79 Å². The molecular weight excluding hydrogens is 228 g/mol. The monoisotopic (exact) mass is 240 g/mol. The van der Waals surface area contributed by atoms with E-state index in [-0.39, 0.29) is 10.3 Å². The lowest BCUT2D eigenvalue weighted by Crippen LogP contribution is -2.26. The van der Waals surface area contributed by atoms with E-state index in [1.165, 1.54) is 0 Å². The van der Waals surface area contributed by atoms with Crippen molar-refractivity contribution in [2.45, 2.75) is 24.5 Å². The number of hydrogen-bond acceptors (Lipinski definition) is 4. The van der Waals surface area contributed by atoms with E-state index in [9.17, 15) is 9.59 Å². The van der Waals surface area contributed by atoms with E-state index in [1.54, 1.807) is 11.8 Å². The molecule has 2 rings (SSSR count). The normalized spacial score (nSPS) is 24.6. The molecule has 0 bridgehead atoms. The fourth-order valence-electron chi connectivity index (χ4n) is 1.78. The molecule has 1 aromatic rings. The van der Waals surface area contributed by atoms with Crippen molar-refractivity contribution in [3.8, 4) is 0 Å². The Hall–Kier alpha value is -1.30. The molecule has 1 fully saturated rings. The third-order valence-electron chi connectivity index (χ3n) is 2.75. The average Bonchev–Trinajstić information content (AvgIpc) is 2.66. The molecule has 0 saturated carbocycles. The molecule has 2 heterocycles. The molecular formula is C10H12N2O3S. The minimum absolute atomic E-state index is 0.184. The number of aromatic carboxylic acids is 1. The summed E-state index contributed by atoms with van der Waals surface area (Å²) in [4.78, 5) is 28.8. The smallest absolute Gasteiger partial charge is 0.342 e. The standard InChI is InChI=1S/C10H12N2O3S/c1-10(3-2-4-16-10)9-11-5-6(8(14)15)7(13)12-9/h5H,2-4H2,1H3,(H,14,15)(H,11,12,13). The number of H-pyrrole nitrogens is 1. The quantitative estimate of drug-likeness (QED) is 0.811. The number of nitrogens with one attached hydrogen (secondary N) is 1. The van der Waals surface area contributed by atoms with Crippen molar-refractivity contribution < 1.29 is 9.90 Å². The first-order valence-electron chi connectivity index (χ1n) is 5.00. The zero-order valence-corrected chi connectivity index (χ0v) is 9.63. The largest absolute Gasteiger partial charge is 0.477 e. The zero-order valence-electron chi connectivity index (χ0n) is 8.82. The summed E-state index contributed by atoms with van der Waals surface area (Å²) < 4.78 is -0.184. The molecule has 5 nitrogen and oxygen atoms in total. The number of carboxylic acids is 1. The molecule has 1 aromatic heterocycles. The first-order valence-corrected chi connectivity index (χ1v) is 5.98. The van der Waals surface area contributed by atoms with E-state index in [0.717, 1.165) is 24.8 Å². The maximum absolute atomic E-state index is 11.5. The lowest BCUT2D eigenvalue weighted by molar-refractivity contribution is 0.0694. The number of hydrogen-bond donors (Lipinski definition) is 2. The lowest BCUT2D eigenvalue weighted by atomic mass is 10.0. The molecule has 0 radical (unpaired) electrons. The summed E-state index contributed by atoms with van der Waals surface area (Å²) in [6, 6.07) is 0. The number of carboxylic acid groups (broad SMARTS) is 1. The average molecular weight is 240 g/mol. The van der Waals surface area contributed by atoms with Gasteiger partial charge >= 0.3 is 5.97 Å². The van der Waals surface area contributed by atoms with Gasteiger partial charge in [0.25, 0.3) is 5.56 Å². The van der Waals surface area contributed by atoms with E-state index >= 15 is 0 Å². The van der Waals surface area contributed by atoms with Crippen LogP contribution in [0.1, 0.15) is 35.9 Å². The fourth-order valence-corrected chi connectivity index (χ4v) is 3.05. The molecule has 0 amide bonds. The molecule has 1 atom stereocenters. The zero-order chi connectivity index (χ0) is 11.8. The van der Waals surface area contributed by atoms with Crippen molar-refractivity contribution in [1.29, 1.82) is 0 Å². The van der Waals surface area contributed by atoms with Crippen LogP contribution in [0.3, 0.4) is 0 Å². The highest BCUT2D eigenvalue weighted by molar-refractivity contribution is 8.00. The minimum atomic E-state index is -1.25. The summed E-state index contributed by atoms with van der Waals surface area (Å²) in [5.74, 6) is 0.371. The maximum atomic E-state index is 11.5. The van der Waals surface area contributed by atoms with Gasteiger partial charge in [-0.15, -0.1) is 11.8 Å². The van der Waals surface area contributed by atoms with Crippen molar-refractivity contribution in [1.82, 2.24) is 9.97 Å². The van der Waals surface area contributed by atoms with Crippen LogP contribution in [0.4, 0.5) is 0 Å². The van der Waals surface area contributed by atoms with Crippen LogP contribution in [0.2, 0.25) is 0 Å². The summed E-state index contributed by atoms with van der Waals surface area (Å²) in [5.41, 5.74) is -0.887. The van der Waals surface area contributed by atoms with Crippen molar-refractivity contribution in [2.24, 2.45) is 0 Å². The van der Waals surface area contributed by atoms with Crippen LogP contribution >= 0.6 is 11.8 Å². The van der Waals surface area contributed by atoms with Gasteiger partial charge in [-0.1, -0.05) is 0 Å². The van der Waals surface area contributed by atoms with Gasteiger partial charge in [0, 0.05) is 6.20 Å². The Morgan fingerprint density at radius 3 is 2.94 bits per heavy atom. The first-order chi connectivity index (χ1) is 7.53. The second-order valence-electron chi connectivity index (χ2n) is 3.96. The predicted octanol–water partition coefficient (Wildman–Crippen LogP) is 1.21. The topological polar surface area (TPSA) is 83.0 Å². The molecule has 0 aromatic carbocycles. The van der Waals surface area contributed by atoms with Crippen LogP contribution in [-0.4, -0.2) is 26.8 Å². The number of aromatic amines is 1. The van der Waals surface area contributed by atoms with E-state index in [4.69, 9.17) is 5.11 Å². The van der Waals surface area contributed by atoms with Gasteiger partial charge in [0.15, 0.2) is 0 Å². The molecule has 1 aliphatic heterocycles. The maximum Gasteiger partial charge on any atom is 0.342 e. The highest BCUT2D eigenvalue weighted by Crippen LogP contribution is 2.44. The van der Waals surface area contributed by atoms with E-state index in [0.29, 0.717) is 5.82 Å². The molecule has 86 valence electrons. The Morgan fingerprint density at radius 1 is 1.69 bits per heavy atom. The Labute approximate surface area is 96.3 Å². The number of nitrogens with zero attached hydrogens (tertiary/aromatic N) is 1. The van der Waals surface area contributed by atoms with Gasteiger partial charge < -0.3 is 10.1 Å². The third kappa shape index (κ3) is 1.84. The molecule has 1 unspecified atom stereocenters. The summed E-state index contributed by atoms with van der Waals surface area (Å²) >= 11 is 1.74. The van der Waals surface area contributed by atoms with Crippen LogP contribution in [0.25, 0.3) is 0 Å². The third-order valence-corrected chi connectivity index (χ3v) is 4.28. The summed E-state index contributed by atoms with van der Waals surface area (Å²) in [6.45, 7) is 2.02. The number of rotatable bonds is 2. The van der Waals surface area contributed by atoms with E-state index < -0.39 is 11.5 Å². The molecule has 0 spiro atoms. The molecule has 6 heteroatoms. The number of thioether (sulfide) groups is 1. The first kappa shape index (κ1) is 11.2. The number of carbonyl (C=O) groups is 1. The van der Waals surface area contributed by atoms with E-state index in [2.05, 4.69) is 9.97 Å². The van der Waals surface area contributed by atoms with Gasteiger partial charge in [-0.05, 0) is 25.5 Å². The summed E-state index contributed by atoms with van der Waals surface area (Å²) in [7, 11) is 0. The Bertz CT molecular complexity index is 477. The highest BCUT2D eigenvalue weighted by Gasteiger charge is 2.34. The Morgan fingerprint density at radius 2 is 2.44 bits per heavy atom. The SMILES string of the molecule is CC1(c2ncc(C(=O)O)c(=O)[nH]2)CCCS1. The Kier molecular flexibility index (Phi) is 2.75. The van der Waals surface area contributed by atoms with Crippen LogP contribution in [0.5, 0.6) is 0 Å². The number of aromatic nitrogens is 2. The molecule has 0 aliphatic carbocycles. The van der Waals surface area contributed by atoms with Crippen LogP contribution in [0, 0.1) is 0 Å². The lowest BCUT2D eigenvalue weighted by Gasteiger charge is -2.20. The van der Waals surface area contributed by atoms with E-state index in [1.807, 2.05) is 6.92 Å². The predicted molar refractivity (Wildman–Crippen MR) is 60.9 cm³/mol. The molecule has 1 saturated heterocycles. The minimum Gasteiger partial charge on any atom is -0.477 e. The van der Waals surface area contributed by atoms with Gasteiger partial charge in [0.05, 0.1) is 4.75 Å². The molecule has 16 heavy (non-hydrogen) atoms. The van der Waals surface area contributed by atoms with Gasteiger partial charge in [0.2, 0.25) is 0 Å². The van der Waals surface area contributed by atoms with Gasteiger partial charge in [0.1, 0.15) is 11.4 Å². The van der Waals surface area contributed by atoms with Crippen molar-refractivity contribution >= 4 is 17.7 Å². The van der Waals surface area contributed by atoms with Crippen LogP contribution in [0.15, 0.2) is 11.0 Å². The summed E-state index contributed by atoms with van der Waals surface area (Å²) in [5, 5.41) is 8.72. The highest BCUT2D eigenvalue weighted by atomic mass is 32.2. The second kappa shape index (κ2) is 3.93. The van der Waals surface area contributed by atoms with Crippen molar-refractivity contribution in [2.75, 3.05) is 5.75 Å². The molecule has 1 aliphatic rings. The van der Waals surface area contributed by atoms with Crippen molar-refractivity contribution in [3.63, 3.8) is 0 Å². The molecule has 2 N–H and O–H groups in total. The van der Waals surface area contributed by atoms with Gasteiger partial charge in [-0.25, -0.2) is 9.78 Å². The van der Waals surface area contributed by atoms with Crippen LogP contribution in [-0.2, 0) is 4.75 Å². The van der Waals surface area contributed by atoms with Crippen LogP contribution < -0.4 is 5.56 Å². The van der Waals surface area contributed by atoms with Gasteiger partial charge in [-0.2, -0.15) is 0 Å². The van der Waals surface area contributed by atoms with Crippen molar-refractivity contribution in [3.05, 3.63) is 27.9 Å². The fraction of sp³-hybridized carbons (Fsp3) is 0.500. The summed E-state index contributed by atoms with van der Waals surface area (Å²) in [6.07, 6.45) is 3.18. The Balaban J connectivity index is 2.42. The second-order valence-corrected chi connectivity index (χ2v) is 5.56.